The van der Waals surface area contributed by atoms with Crippen molar-refractivity contribution in [2.75, 3.05) is 18.4 Å². The summed E-state index contributed by atoms with van der Waals surface area (Å²) >= 11 is 0. The standard InChI is InChI=1S/C24H24N2/c1-2-5-17(6-3-1)18-9-11-19(12-10-18)20-7-4-8-23-24(20)21-13-15-25-16-14-22(21)26-23/h1-12,21-22,25-26H,13-16H2/t21-,22+/m1/s1. The summed E-state index contributed by atoms with van der Waals surface area (Å²) < 4.78 is 0. The second-order valence-corrected chi connectivity index (χ2v) is 7.39. The Morgan fingerprint density at radius 1 is 0.654 bits per heavy atom. The number of rotatable bonds is 2. The molecule has 0 unspecified atom stereocenters. The first-order chi connectivity index (χ1) is 12.9. The SMILES string of the molecule is c1ccc(-c2ccc(-c3cccc4c3[C@@H]3CCNCC[C@@H]3N4)cc2)cc1. The van der Waals surface area contributed by atoms with Crippen LogP contribution in [0.1, 0.15) is 24.3 Å². The van der Waals surface area contributed by atoms with Crippen molar-refractivity contribution in [3.63, 3.8) is 0 Å². The molecular weight excluding hydrogens is 316 g/mol. The van der Waals surface area contributed by atoms with Crippen LogP contribution in [-0.4, -0.2) is 19.1 Å². The zero-order valence-corrected chi connectivity index (χ0v) is 14.9. The van der Waals surface area contributed by atoms with Crippen LogP contribution in [0.3, 0.4) is 0 Å². The fourth-order valence-electron chi connectivity index (χ4n) is 4.58. The van der Waals surface area contributed by atoms with Gasteiger partial charge in [-0.15, -0.1) is 0 Å². The predicted molar refractivity (Wildman–Crippen MR) is 110 cm³/mol. The van der Waals surface area contributed by atoms with E-state index in [4.69, 9.17) is 0 Å². The lowest BCUT2D eigenvalue weighted by Gasteiger charge is -2.18. The Balaban J connectivity index is 1.53. The van der Waals surface area contributed by atoms with Crippen molar-refractivity contribution in [2.24, 2.45) is 0 Å². The van der Waals surface area contributed by atoms with E-state index in [0.717, 1.165) is 13.1 Å². The zero-order valence-electron chi connectivity index (χ0n) is 14.9. The van der Waals surface area contributed by atoms with E-state index in [-0.39, 0.29) is 0 Å². The molecule has 2 atom stereocenters. The first-order valence-corrected chi connectivity index (χ1v) is 9.66. The Hall–Kier alpha value is -2.58. The van der Waals surface area contributed by atoms with Crippen molar-refractivity contribution in [1.29, 1.82) is 0 Å². The Kier molecular flexibility index (Phi) is 3.99. The van der Waals surface area contributed by atoms with Gasteiger partial charge in [-0.25, -0.2) is 0 Å². The van der Waals surface area contributed by atoms with E-state index < -0.39 is 0 Å². The molecule has 0 saturated carbocycles. The molecule has 130 valence electrons. The molecule has 0 aromatic heterocycles. The highest BCUT2D eigenvalue weighted by atomic mass is 15.0. The van der Waals surface area contributed by atoms with Crippen molar-refractivity contribution in [3.8, 4) is 22.3 Å². The molecule has 2 aliphatic heterocycles. The number of benzene rings is 3. The largest absolute Gasteiger partial charge is 0.381 e. The first-order valence-electron chi connectivity index (χ1n) is 9.66. The van der Waals surface area contributed by atoms with E-state index >= 15 is 0 Å². The molecule has 2 heterocycles. The van der Waals surface area contributed by atoms with Gasteiger partial charge in [-0.05, 0) is 59.8 Å². The van der Waals surface area contributed by atoms with E-state index in [1.807, 2.05) is 0 Å². The van der Waals surface area contributed by atoms with E-state index in [1.165, 1.54) is 46.3 Å². The monoisotopic (exact) mass is 340 g/mol. The minimum atomic E-state index is 0.574. The average molecular weight is 340 g/mol. The van der Waals surface area contributed by atoms with Crippen LogP contribution in [0.25, 0.3) is 22.3 Å². The van der Waals surface area contributed by atoms with Crippen molar-refractivity contribution in [3.05, 3.63) is 78.4 Å². The van der Waals surface area contributed by atoms with Gasteiger partial charge >= 0.3 is 0 Å². The Labute approximate surface area is 155 Å². The molecule has 26 heavy (non-hydrogen) atoms. The summed E-state index contributed by atoms with van der Waals surface area (Å²) in [5.74, 6) is 0.616. The summed E-state index contributed by atoms with van der Waals surface area (Å²) in [5, 5.41) is 7.34. The molecule has 0 bridgehead atoms. The minimum absolute atomic E-state index is 0.574. The average Bonchev–Trinajstić information content (AvgIpc) is 2.90. The van der Waals surface area contributed by atoms with Crippen molar-refractivity contribution in [1.82, 2.24) is 5.32 Å². The number of nitrogens with one attached hydrogen (secondary N) is 2. The molecular formula is C24H24N2. The van der Waals surface area contributed by atoms with Crippen LogP contribution in [0.4, 0.5) is 5.69 Å². The molecule has 0 spiro atoms. The summed E-state index contributed by atoms with van der Waals surface area (Å²) in [5.41, 5.74) is 8.12. The van der Waals surface area contributed by atoms with Crippen molar-refractivity contribution >= 4 is 5.69 Å². The van der Waals surface area contributed by atoms with E-state index in [9.17, 15) is 0 Å². The topological polar surface area (TPSA) is 24.1 Å². The lowest BCUT2D eigenvalue weighted by molar-refractivity contribution is 0.579. The Morgan fingerprint density at radius 3 is 2.23 bits per heavy atom. The van der Waals surface area contributed by atoms with Gasteiger partial charge in [0, 0.05) is 17.6 Å². The van der Waals surface area contributed by atoms with Crippen LogP contribution in [0.5, 0.6) is 0 Å². The van der Waals surface area contributed by atoms with Crippen LogP contribution in [0, 0.1) is 0 Å². The van der Waals surface area contributed by atoms with Gasteiger partial charge in [0.25, 0.3) is 0 Å². The zero-order chi connectivity index (χ0) is 17.3. The van der Waals surface area contributed by atoms with Gasteiger partial charge in [-0.2, -0.15) is 0 Å². The van der Waals surface area contributed by atoms with Crippen LogP contribution in [0.15, 0.2) is 72.8 Å². The third-order valence-corrected chi connectivity index (χ3v) is 5.87. The fourth-order valence-corrected chi connectivity index (χ4v) is 4.58. The molecule has 0 aliphatic carbocycles. The number of hydrogen-bond donors (Lipinski definition) is 2. The predicted octanol–water partition coefficient (Wildman–Crippen LogP) is 5.28. The Morgan fingerprint density at radius 2 is 1.38 bits per heavy atom. The van der Waals surface area contributed by atoms with E-state index in [1.54, 1.807) is 0 Å². The summed E-state index contributed by atoms with van der Waals surface area (Å²) in [6, 6.07) is 27.0. The van der Waals surface area contributed by atoms with Gasteiger partial charge in [-0.3, -0.25) is 0 Å². The van der Waals surface area contributed by atoms with Crippen LogP contribution >= 0.6 is 0 Å². The van der Waals surface area contributed by atoms with Gasteiger partial charge < -0.3 is 10.6 Å². The summed E-state index contributed by atoms with van der Waals surface area (Å²) in [6.07, 6.45) is 2.41. The molecule has 1 saturated heterocycles. The maximum absolute atomic E-state index is 3.78. The lowest BCUT2D eigenvalue weighted by atomic mass is 9.85. The fraction of sp³-hybridized carbons (Fsp3) is 0.250. The number of anilines is 1. The molecule has 0 radical (unpaired) electrons. The number of fused-ring (bicyclic) bond motifs is 3. The second kappa shape index (κ2) is 6.62. The third-order valence-electron chi connectivity index (χ3n) is 5.87. The third kappa shape index (κ3) is 2.71. The second-order valence-electron chi connectivity index (χ2n) is 7.39. The maximum Gasteiger partial charge on any atom is 0.0384 e. The van der Waals surface area contributed by atoms with Gasteiger partial charge in [0.1, 0.15) is 0 Å². The highest BCUT2D eigenvalue weighted by Gasteiger charge is 2.34. The molecule has 1 fully saturated rings. The van der Waals surface area contributed by atoms with Crippen LogP contribution in [0.2, 0.25) is 0 Å². The summed E-state index contributed by atoms with van der Waals surface area (Å²) in [7, 11) is 0. The highest BCUT2D eigenvalue weighted by Crippen LogP contribution is 2.45. The molecule has 3 aromatic rings. The molecule has 2 heteroatoms. The van der Waals surface area contributed by atoms with Gasteiger partial charge in [0.05, 0.1) is 0 Å². The molecule has 2 aliphatic rings. The van der Waals surface area contributed by atoms with Crippen molar-refractivity contribution < 1.29 is 0 Å². The van der Waals surface area contributed by atoms with Gasteiger partial charge in [-0.1, -0.05) is 66.7 Å². The lowest BCUT2D eigenvalue weighted by Crippen LogP contribution is -2.21. The molecule has 2 N–H and O–H groups in total. The quantitative estimate of drug-likeness (QED) is 0.663. The molecule has 2 nitrogen and oxygen atoms in total. The summed E-state index contributed by atoms with van der Waals surface area (Å²) in [4.78, 5) is 0. The first kappa shape index (κ1) is 15.7. The molecule has 5 rings (SSSR count). The van der Waals surface area contributed by atoms with E-state index in [2.05, 4.69) is 83.4 Å². The van der Waals surface area contributed by atoms with E-state index in [0.29, 0.717) is 12.0 Å². The van der Waals surface area contributed by atoms with Gasteiger partial charge in [0.15, 0.2) is 0 Å². The molecule has 0 amide bonds. The number of hydrogen-bond acceptors (Lipinski definition) is 2. The van der Waals surface area contributed by atoms with Crippen LogP contribution in [-0.2, 0) is 0 Å². The Bertz CT molecular complexity index is 899. The maximum atomic E-state index is 3.78. The smallest absolute Gasteiger partial charge is 0.0384 e. The minimum Gasteiger partial charge on any atom is -0.381 e. The van der Waals surface area contributed by atoms with Crippen molar-refractivity contribution in [2.45, 2.75) is 24.8 Å². The van der Waals surface area contributed by atoms with Gasteiger partial charge in [0.2, 0.25) is 0 Å². The van der Waals surface area contributed by atoms with Crippen LogP contribution < -0.4 is 10.6 Å². The normalized spacial score (nSPS) is 21.4. The summed E-state index contributed by atoms with van der Waals surface area (Å²) in [6.45, 7) is 2.23. The molecule has 3 aromatic carbocycles. The highest BCUT2D eigenvalue weighted by molar-refractivity contribution is 5.79.